The van der Waals surface area contributed by atoms with E-state index in [0.717, 1.165) is 38.5 Å². The summed E-state index contributed by atoms with van der Waals surface area (Å²) in [6.45, 7) is 5.00. The van der Waals surface area contributed by atoms with Crippen LogP contribution in [0, 0.1) is 0 Å². The molecule has 0 aliphatic rings. The van der Waals surface area contributed by atoms with Gasteiger partial charge in [-0.3, -0.25) is 9.59 Å². The summed E-state index contributed by atoms with van der Waals surface area (Å²) in [6.07, 6.45) is 78.6. The Labute approximate surface area is 470 Å². The molecule has 0 aliphatic heterocycles. The van der Waals surface area contributed by atoms with E-state index < -0.39 is 12.1 Å². The van der Waals surface area contributed by atoms with Crippen LogP contribution in [0.4, 0.5) is 0 Å². The molecule has 0 spiro atoms. The number of hydrogen-bond acceptors (Lipinski definition) is 5. The van der Waals surface area contributed by atoms with Crippen molar-refractivity contribution in [1.29, 1.82) is 0 Å². The number of unbranched alkanes of at least 4 members (excludes halogenated alkanes) is 55. The lowest BCUT2D eigenvalue weighted by molar-refractivity contribution is -0.143. The third-order valence-corrected chi connectivity index (χ3v) is 16.7. The third kappa shape index (κ3) is 61.9. The van der Waals surface area contributed by atoms with Crippen molar-refractivity contribution in [2.45, 2.75) is 418 Å². The molecule has 0 saturated heterocycles. The molecule has 6 nitrogen and oxygen atoms in total. The van der Waals surface area contributed by atoms with E-state index >= 15 is 0 Å². The zero-order valence-corrected chi connectivity index (χ0v) is 51.3. The lowest BCUT2D eigenvalue weighted by Crippen LogP contribution is -2.45. The number of esters is 1. The van der Waals surface area contributed by atoms with Gasteiger partial charge in [-0.2, -0.15) is 0 Å². The summed E-state index contributed by atoms with van der Waals surface area (Å²) in [7, 11) is 0. The molecule has 448 valence electrons. The summed E-state index contributed by atoms with van der Waals surface area (Å²) < 4.78 is 5.50. The molecule has 3 N–H and O–H groups in total. The van der Waals surface area contributed by atoms with Gasteiger partial charge in [0.25, 0.3) is 0 Å². The number of aliphatic hydroxyl groups is 2. The lowest BCUT2D eigenvalue weighted by Gasteiger charge is -2.22. The quantitative estimate of drug-likeness (QED) is 0.0417. The summed E-state index contributed by atoms with van der Waals surface area (Å²) >= 11 is 0. The van der Waals surface area contributed by atoms with Gasteiger partial charge in [-0.05, 0) is 25.7 Å². The highest BCUT2D eigenvalue weighted by Crippen LogP contribution is 2.19. The third-order valence-electron chi connectivity index (χ3n) is 16.7. The average molecular weight is 1060 g/mol. The molecule has 0 heterocycles. The number of carbonyl (C=O) groups excluding carboxylic acids is 2. The van der Waals surface area contributed by atoms with Gasteiger partial charge in [-0.1, -0.05) is 367 Å². The second-order valence-corrected chi connectivity index (χ2v) is 24.2. The molecule has 0 bridgehead atoms. The Balaban J connectivity index is 3.33. The molecule has 0 saturated carbocycles. The Morgan fingerprint density at radius 1 is 0.320 bits per heavy atom. The Bertz CT molecular complexity index is 1080. The number of rotatable bonds is 66. The predicted octanol–water partition coefficient (Wildman–Crippen LogP) is 22.2. The lowest BCUT2D eigenvalue weighted by atomic mass is 10.0. The molecule has 0 aromatic rings. The molecule has 0 aliphatic carbocycles. The number of aliphatic hydroxyl groups excluding tert-OH is 2. The van der Waals surface area contributed by atoms with Crippen molar-refractivity contribution >= 4 is 11.9 Å². The second-order valence-electron chi connectivity index (χ2n) is 24.2. The van der Waals surface area contributed by atoms with Gasteiger partial charge in [0.1, 0.15) is 0 Å². The molecule has 6 heteroatoms. The maximum absolute atomic E-state index is 12.5. The number of ether oxygens (including phenoxy) is 1. The van der Waals surface area contributed by atoms with Crippen molar-refractivity contribution in [1.82, 2.24) is 5.32 Å². The molecule has 0 fully saturated rings. The van der Waals surface area contributed by atoms with Crippen LogP contribution in [0.3, 0.4) is 0 Å². The SMILES string of the molecule is CCCCCCCCCCCCCCCCCCCC(O)C(CO)NC(=O)CCCCCCCCCCCCCCCCCCCCCCCCCCCCOC(=O)CCCCCCCCCCCCCCCCC. The van der Waals surface area contributed by atoms with Crippen molar-refractivity contribution in [2.24, 2.45) is 0 Å². The van der Waals surface area contributed by atoms with Crippen LogP contribution in [0.5, 0.6) is 0 Å². The standard InChI is InChI=1S/C69H137NO5/c1-3-5-7-9-11-13-15-17-19-30-34-37-41-45-49-53-57-61-67(72)66(65-71)70-68(73)62-58-54-50-46-42-38-35-31-28-26-24-22-20-21-23-25-27-29-32-36-40-44-48-52-56-60-64-75-69(74)63-59-55-51-47-43-39-33-18-16-14-12-10-8-6-4-2/h66-67,71-72H,3-65H2,1-2H3,(H,70,73). The van der Waals surface area contributed by atoms with Crippen molar-refractivity contribution in [2.75, 3.05) is 13.2 Å². The molecule has 75 heavy (non-hydrogen) atoms. The highest BCUT2D eigenvalue weighted by molar-refractivity contribution is 5.76. The topological polar surface area (TPSA) is 95.9 Å². The molecule has 2 atom stereocenters. The maximum Gasteiger partial charge on any atom is 0.305 e. The molecule has 1 amide bonds. The molecule has 0 radical (unpaired) electrons. The summed E-state index contributed by atoms with van der Waals surface area (Å²) in [5.74, 6) is -0.00682. The first-order valence-corrected chi connectivity index (χ1v) is 34.8. The van der Waals surface area contributed by atoms with Crippen LogP contribution >= 0.6 is 0 Å². The molecule has 2 unspecified atom stereocenters. The van der Waals surface area contributed by atoms with Gasteiger partial charge in [0.2, 0.25) is 5.91 Å². The summed E-state index contributed by atoms with van der Waals surface area (Å²) in [5.41, 5.74) is 0. The zero-order chi connectivity index (χ0) is 54.3. The van der Waals surface area contributed by atoms with Gasteiger partial charge in [0.05, 0.1) is 25.4 Å². The largest absolute Gasteiger partial charge is 0.466 e. The summed E-state index contributed by atoms with van der Waals surface area (Å²) in [4.78, 5) is 24.6. The minimum Gasteiger partial charge on any atom is -0.466 e. The molecule has 0 rings (SSSR count). The van der Waals surface area contributed by atoms with Gasteiger partial charge < -0.3 is 20.3 Å². The minimum atomic E-state index is -0.662. The van der Waals surface area contributed by atoms with E-state index in [9.17, 15) is 19.8 Å². The fourth-order valence-electron chi connectivity index (χ4n) is 11.4. The van der Waals surface area contributed by atoms with Crippen LogP contribution in [0.2, 0.25) is 0 Å². The summed E-state index contributed by atoms with van der Waals surface area (Å²) in [5, 5.41) is 23.4. The van der Waals surface area contributed by atoms with Crippen LogP contribution in [0.15, 0.2) is 0 Å². The average Bonchev–Trinajstić information content (AvgIpc) is 3.41. The smallest absolute Gasteiger partial charge is 0.305 e. The van der Waals surface area contributed by atoms with Crippen LogP contribution in [-0.2, 0) is 14.3 Å². The highest BCUT2D eigenvalue weighted by atomic mass is 16.5. The van der Waals surface area contributed by atoms with Crippen molar-refractivity contribution in [3.63, 3.8) is 0 Å². The van der Waals surface area contributed by atoms with Gasteiger partial charge in [-0.15, -0.1) is 0 Å². The first kappa shape index (κ1) is 73.9. The fraction of sp³-hybridized carbons (Fsp3) is 0.971. The molecule has 0 aromatic heterocycles. The van der Waals surface area contributed by atoms with Crippen LogP contribution in [-0.4, -0.2) is 47.4 Å². The maximum atomic E-state index is 12.5. The summed E-state index contributed by atoms with van der Waals surface area (Å²) in [6, 6.07) is -0.539. The van der Waals surface area contributed by atoms with E-state index in [-0.39, 0.29) is 18.5 Å². The van der Waals surface area contributed by atoms with E-state index in [4.69, 9.17) is 4.74 Å². The molecular weight excluding hydrogens is 923 g/mol. The Morgan fingerprint density at radius 3 is 0.813 bits per heavy atom. The monoisotopic (exact) mass is 1060 g/mol. The minimum absolute atomic E-state index is 0.0215. The molecular formula is C69H137NO5. The Morgan fingerprint density at radius 2 is 0.547 bits per heavy atom. The number of amides is 1. The van der Waals surface area contributed by atoms with Crippen LogP contribution in [0.1, 0.15) is 406 Å². The zero-order valence-electron chi connectivity index (χ0n) is 51.3. The number of hydrogen-bond donors (Lipinski definition) is 3. The van der Waals surface area contributed by atoms with Gasteiger partial charge in [0, 0.05) is 12.8 Å². The van der Waals surface area contributed by atoms with Gasteiger partial charge in [-0.25, -0.2) is 0 Å². The first-order chi connectivity index (χ1) is 37.0. The fourth-order valence-corrected chi connectivity index (χ4v) is 11.4. The number of nitrogens with one attached hydrogen (secondary N) is 1. The van der Waals surface area contributed by atoms with E-state index in [1.165, 1.54) is 334 Å². The second kappa shape index (κ2) is 65.4. The van der Waals surface area contributed by atoms with Crippen molar-refractivity contribution in [3.05, 3.63) is 0 Å². The number of carbonyl (C=O) groups is 2. The van der Waals surface area contributed by atoms with E-state index in [2.05, 4.69) is 19.2 Å². The van der Waals surface area contributed by atoms with Crippen molar-refractivity contribution < 1.29 is 24.5 Å². The molecule has 0 aromatic carbocycles. The van der Waals surface area contributed by atoms with E-state index in [1.54, 1.807) is 0 Å². The van der Waals surface area contributed by atoms with E-state index in [1.807, 2.05) is 0 Å². The van der Waals surface area contributed by atoms with Gasteiger partial charge in [0.15, 0.2) is 0 Å². The van der Waals surface area contributed by atoms with Crippen molar-refractivity contribution in [3.8, 4) is 0 Å². The first-order valence-electron chi connectivity index (χ1n) is 34.8. The Hall–Kier alpha value is -1.14. The normalized spacial score (nSPS) is 12.4. The van der Waals surface area contributed by atoms with Gasteiger partial charge >= 0.3 is 5.97 Å². The van der Waals surface area contributed by atoms with Crippen LogP contribution in [0.25, 0.3) is 0 Å². The van der Waals surface area contributed by atoms with E-state index in [0.29, 0.717) is 25.9 Å². The Kier molecular flexibility index (Phi) is 64.4. The predicted molar refractivity (Wildman–Crippen MR) is 329 cm³/mol. The highest BCUT2D eigenvalue weighted by Gasteiger charge is 2.20. The van der Waals surface area contributed by atoms with Crippen LogP contribution < -0.4 is 5.32 Å².